The zero-order valence-corrected chi connectivity index (χ0v) is 18.0. The van der Waals surface area contributed by atoms with Gasteiger partial charge in [-0.2, -0.15) is 5.10 Å². The fourth-order valence-electron chi connectivity index (χ4n) is 3.58. The average molecular weight is 423 g/mol. The van der Waals surface area contributed by atoms with Crippen molar-refractivity contribution < 1.29 is 14.3 Å². The minimum Gasteiger partial charge on any atom is -0.379 e. The summed E-state index contributed by atoms with van der Waals surface area (Å²) >= 11 is 0. The van der Waals surface area contributed by atoms with E-state index >= 15 is 0 Å². The summed E-state index contributed by atoms with van der Waals surface area (Å²) in [7, 11) is 0. The van der Waals surface area contributed by atoms with Crippen molar-refractivity contribution in [1.29, 1.82) is 0 Å². The van der Waals surface area contributed by atoms with Gasteiger partial charge in [-0.3, -0.25) is 9.48 Å². The third kappa shape index (κ3) is 5.57. The Morgan fingerprint density at radius 3 is 2.69 bits per heavy atom. The molecular weight excluding hydrogens is 392 g/mol. The smallest absolute Gasteiger partial charge is 0.252 e. The predicted molar refractivity (Wildman–Crippen MR) is 116 cm³/mol. The van der Waals surface area contributed by atoms with E-state index in [2.05, 4.69) is 15.7 Å². The second-order valence-corrected chi connectivity index (χ2v) is 7.03. The summed E-state index contributed by atoms with van der Waals surface area (Å²) in [6, 6.07) is 7.78. The number of amides is 1. The summed E-state index contributed by atoms with van der Waals surface area (Å²) < 4.78 is 12.8. The maximum Gasteiger partial charge on any atom is 0.252 e. The van der Waals surface area contributed by atoms with Crippen molar-refractivity contribution in [3.63, 3.8) is 0 Å². The Balaban J connectivity index is 0.00000300. The molecule has 0 saturated carbocycles. The molecule has 1 aliphatic heterocycles. The zero-order chi connectivity index (χ0) is 19.8. The SMILES string of the molecule is CCOCCOCc1cccc(NC(=O)C2(n3cccn3)CCNCC2)c1C.Cl. The first-order valence-electron chi connectivity index (χ1n) is 9.93. The Morgan fingerprint density at radius 1 is 1.24 bits per heavy atom. The van der Waals surface area contributed by atoms with Gasteiger partial charge in [-0.15, -0.1) is 12.4 Å². The van der Waals surface area contributed by atoms with E-state index in [9.17, 15) is 4.79 Å². The van der Waals surface area contributed by atoms with Gasteiger partial charge in [0.1, 0.15) is 5.54 Å². The molecule has 160 valence electrons. The molecule has 0 atom stereocenters. The summed E-state index contributed by atoms with van der Waals surface area (Å²) in [5.74, 6) is -0.0183. The van der Waals surface area contributed by atoms with Crippen molar-refractivity contribution in [2.75, 3.05) is 38.2 Å². The van der Waals surface area contributed by atoms with E-state index in [1.165, 1.54) is 0 Å². The van der Waals surface area contributed by atoms with Crippen molar-refractivity contribution >= 4 is 24.0 Å². The molecule has 2 N–H and O–H groups in total. The molecule has 1 aromatic heterocycles. The molecule has 1 amide bonds. The zero-order valence-electron chi connectivity index (χ0n) is 17.1. The van der Waals surface area contributed by atoms with Gasteiger partial charge in [-0.1, -0.05) is 12.1 Å². The number of rotatable bonds is 9. The van der Waals surface area contributed by atoms with E-state index in [1.807, 2.05) is 44.3 Å². The quantitative estimate of drug-likeness (QED) is 0.607. The van der Waals surface area contributed by atoms with Crippen molar-refractivity contribution in [3.05, 3.63) is 47.8 Å². The molecule has 1 fully saturated rings. The van der Waals surface area contributed by atoms with Gasteiger partial charge in [0.2, 0.25) is 0 Å². The lowest BCUT2D eigenvalue weighted by molar-refractivity contribution is -0.126. The van der Waals surface area contributed by atoms with Gasteiger partial charge in [0.05, 0.1) is 19.8 Å². The van der Waals surface area contributed by atoms with Crippen LogP contribution in [0, 0.1) is 6.92 Å². The number of benzene rings is 1. The molecule has 0 bridgehead atoms. The second-order valence-electron chi connectivity index (χ2n) is 7.03. The Labute approximate surface area is 178 Å². The molecule has 0 radical (unpaired) electrons. The first-order chi connectivity index (χ1) is 13.7. The lowest BCUT2D eigenvalue weighted by Crippen LogP contribution is -2.52. The van der Waals surface area contributed by atoms with Crippen LogP contribution in [0.1, 0.15) is 30.9 Å². The highest BCUT2D eigenvalue weighted by molar-refractivity contribution is 5.97. The number of hydrogen-bond acceptors (Lipinski definition) is 5. The Bertz CT molecular complexity index is 761. The molecule has 0 spiro atoms. The third-order valence-corrected chi connectivity index (χ3v) is 5.32. The number of ether oxygens (including phenoxy) is 2. The number of aromatic nitrogens is 2. The van der Waals surface area contributed by atoms with Crippen molar-refractivity contribution in [2.45, 2.75) is 38.8 Å². The maximum atomic E-state index is 13.3. The summed E-state index contributed by atoms with van der Waals surface area (Å²) in [4.78, 5) is 13.3. The molecule has 29 heavy (non-hydrogen) atoms. The monoisotopic (exact) mass is 422 g/mol. The number of carbonyl (C=O) groups excluding carboxylic acids is 1. The summed E-state index contributed by atoms with van der Waals surface area (Å²) in [6.07, 6.45) is 5.02. The number of hydrogen-bond donors (Lipinski definition) is 2. The lowest BCUT2D eigenvalue weighted by atomic mass is 9.87. The summed E-state index contributed by atoms with van der Waals surface area (Å²) in [5, 5.41) is 10.9. The molecular formula is C21H31ClN4O3. The number of anilines is 1. The molecule has 8 heteroatoms. The van der Waals surface area contributed by atoms with Gasteiger partial charge in [-0.05, 0) is 63.0 Å². The predicted octanol–water partition coefficient (Wildman–Crippen LogP) is 2.88. The molecule has 3 rings (SSSR count). The largest absolute Gasteiger partial charge is 0.379 e. The third-order valence-electron chi connectivity index (χ3n) is 5.32. The van der Waals surface area contributed by atoms with Crippen LogP contribution in [0.3, 0.4) is 0 Å². The van der Waals surface area contributed by atoms with Gasteiger partial charge in [0, 0.05) is 24.7 Å². The highest BCUT2D eigenvalue weighted by Crippen LogP contribution is 2.30. The minimum absolute atomic E-state index is 0. The Hall–Kier alpha value is -1.93. The highest BCUT2D eigenvalue weighted by atomic mass is 35.5. The average Bonchev–Trinajstić information content (AvgIpc) is 3.26. The minimum atomic E-state index is -0.662. The van der Waals surface area contributed by atoms with Gasteiger partial charge in [-0.25, -0.2) is 0 Å². The molecule has 1 aromatic carbocycles. The normalized spacial score (nSPS) is 15.5. The van der Waals surface area contributed by atoms with E-state index in [1.54, 1.807) is 10.9 Å². The lowest BCUT2D eigenvalue weighted by Gasteiger charge is -2.36. The second kappa shape index (κ2) is 11.3. The van der Waals surface area contributed by atoms with Crippen LogP contribution in [-0.2, 0) is 26.4 Å². The van der Waals surface area contributed by atoms with Crippen LogP contribution in [0.25, 0.3) is 0 Å². The standard InChI is InChI=1S/C21H30N4O3.ClH/c1-3-27-14-15-28-16-18-6-4-7-19(17(18)2)24-20(26)21(8-11-22-12-9-21)25-13-5-10-23-25;/h4-7,10,13,22H,3,8-9,11-12,14-16H2,1-2H3,(H,24,26);1H. The van der Waals surface area contributed by atoms with E-state index in [4.69, 9.17) is 9.47 Å². The highest BCUT2D eigenvalue weighted by Gasteiger charge is 2.42. The Kier molecular flexibility index (Phi) is 9.10. The van der Waals surface area contributed by atoms with E-state index in [0.29, 0.717) is 39.3 Å². The number of halogens is 1. The first-order valence-corrected chi connectivity index (χ1v) is 9.93. The number of nitrogens with zero attached hydrogens (tertiary/aromatic N) is 2. The molecule has 0 aliphatic carbocycles. The molecule has 1 saturated heterocycles. The van der Waals surface area contributed by atoms with Crippen LogP contribution in [0.2, 0.25) is 0 Å². The van der Waals surface area contributed by atoms with Crippen LogP contribution < -0.4 is 10.6 Å². The number of carbonyl (C=O) groups is 1. The van der Waals surface area contributed by atoms with Crippen molar-refractivity contribution in [3.8, 4) is 0 Å². The molecule has 7 nitrogen and oxygen atoms in total. The first kappa shape index (κ1) is 23.3. The van der Waals surface area contributed by atoms with Crippen LogP contribution in [0.15, 0.2) is 36.7 Å². The van der Waals surface area contributed by atoms with E-state index in [0.717, 1.165) is 29.9 Å². The van der Waals surface area contributed by atoms with Crippen LogP contribution >= 0.6 is 12.4 Å². The van der Waals surface area contributed by atoms with Gasteiger partial charge < -0.3 is 20.1 Å². The molecule has 2 aromatic rings. The number of piperidine rings is 1. The van der Waals surface area contributed by atoms with E-state index < -0.39 is 5.54 Å². The number of nitrogens with one attached hydrogen (secondary N) is 2. The summed E-state index contributed by atoms with van der Waals surface area (Å²) in [6.45, 7) is 7.90. The fourth-order valence-corrected chi connectivity index (χ4v) is 3.58. The van der Waals surface area contributed by atoms with E-state index in [-0.39, 0.29) is 18.3 Å². The maximum absolute atomic E-state index is 13.3. The van der Waals surface area contributed by atoms with Crippen molar-refractivity contribution in [1.82, 2.24) is 15.1 Å². The molecule has 1 aliphatic rings. The van der Waals surface area contributed by atoms with Gasteiger partial charge >= 0.3 is 0 Å². The van der Waals surface area contributed by atoms with Crippen LogP contribution in [-0.4, -0.2) is 48.6 Å². The van der Waals surface area contributed by atoms with Gasteiger partial charge in [0.25, 0.3) is 5.91 Å². The van der Waals surface area contributed by atoms with Crippen LogP contribution in [0.4, 0.5) is 5.69 Å². The van der Waals surface area contributed by atoms with Crippen molar-refractivity contribution in [2.24, 2.45) is 0 Å². The molecule has 2 heterocycles. The topological polar surface area (TPSA) is 77.4 Å². The van der Waals surface area contributed by atoms with Gasteiger partial charge in [0.15, 0.2) is 0 Å². The molecule has 0 unspecified atom stereocenters. The Morgan fingerprint density at radius 2 is 2.00 bits per heavy atom. The summed E-state index contributed by atoms with van der Waals surface area (Å²) in [5.41, 5.74) is 2.25. The fraction of sp³-hybridized carbons (Fsp3) is 0.524. The van der Waals surface area contributed by atoms with Crippen LogP contribution in [0.5, 0.6) is 0 Å².